The van der Waals surface area contributed by atoms with E-state index in [-0.39, 0.29) is 0 Å². The summed E-state index contributed by atoms with van der Waals surface area (Å²) in [6.45, 7) is 11.2. The third kappa shape index (κ3) is 3.16. The van der Waals surface area contributed by atoms with Gasteiger partial charge in [0.1, 0.15) is 6.61 Å². The first-order valence-electron chi connectivity index (χ1n) is 6.71. The van der Waals surface area contributed by atoms with E-state index in [1.807, 2.05) is 10.9 Å². The lowest BCUT2D eigenvalue weighted by Gasteiger charge is -2.11. The van der Waals surface area contributed by atoms with Crippen molar-refractivity contribution in [3.63, 3.8) is 0 Å². The molecule has 0 saturated heterocycles. The van der Waals surface area contributed by atoms with Gasteiger partial charge >= 0.3 is 0 Å². The smallest absolute Gasteiger partial charge is 0.157 e. The summed E-state index contributed by atoms with van der Waals surface area (Å²) in [6, 6.07) is 4.76. The second-order valence-corrected chi connectivity index (χ2v) is 5.42. The molecule has 102 valence electrons. The minimum atomic E-state index is 0.361. The van der Waals surface area contributed by atoms with Crippen molar-refractivity contribution in [2.24, 2.45) is 0 Å². The molecule has 2 aromatic rings. The molecule has 0 amide bonds. The van der Waals surface area contributed by atoms with E-state index in [0.717, 1.165) is 5.75 Å². The van der Waals surface area contributed by atoms with Crippen LogP contribution in [0.25, 0.3) is 0 Å². The molecule has 1 heterocycles. The molecule has 3 heteroatoms. The monoisotopic (exact) mass is 258 g/mol. The molecule has 1 aromatic heterocycles. The van der Waals surface area contributed by atoms with Gasteiger partial charge in [0.2, 0.25) is 0 Å². The summed E-state index contributed by atoms with van der Waals surface area (Å²) in [5, 5.41) is 4.28. The second-order valence-electron chi connectivity index (χ2n) is 5.42. The lowest BCUT2D eigenvalue weighted by atomic mass is 10.0. The summed E-state index contributed by atoms with van der Waals surface area (Å²) in [4.78, 5) is 0. The largest absolute Gasteiger partial charge is 0.486 e. The van der Waals surface area contributed by atoms with Crippen LogP contribution in [-0.4, -0.2) is 9.78 Å². The maximum absolute atomic E-state index is 5.84. The number of aryl methyl sites for hydroxylation is 3. The molecule has 0 fully saturated rings. The molecule has 0 unspecified atom stereocenters. The van der Waals surface area contributed by atoms with Crippen molar-refractivity contribution >= 4 is 0 Å². The van der Waals surface area contributed by atoms with Gasteiger partial charge in [0.15, 0.2) is 5.75 Å². The third-order valence-corrected chi connectivity index (χ3v) is 3.33. The average molecular weight is 258 g/mol. The average Bonchev–Trinajstić information content (AvgIpc) is 2.76. The normalized spacial score (nSPS) is 11.1. The summed E-state index contributed by atoms with van der Waals surface area (Å²) >= 11 is 0. The molecular weight excluding hydrogens is 236 g/mol. The standard InChI is InChI=1S/C16H22N2O/c1-11(2)18-9-15(8-17-18)19-10-16-13(4)6-12(3)7-14(16)5/h6-9,11H,10H2,1-5H3. The van der Waals surface area contributed by atoms with Crippen molar-refractivity contribution in [3.05, 3.63) is 46.8 Å². The second kappa shape index (κ2) is 5.47. The number of hydrogen-bond acceptors (Lipinski definition) is 2. The SMILES string of the molecule is Cc1cc(C)c(COc2cnn(C(C)C)c2)c(C)c1. The molecule has 1 aromatic carbocycles. The van der Waals surface area contributed by atoms with Gasteiger partial charge in [0.25, 0.3) is 0 Å². The number of nitrogens with zero attached hydrogens (tertiary/aromatic N) is 2. The topological polar surface area (TPSA) is 27.1 Å². The van der Waals surface area contributed by atoms with Crippen LogP contribution in [0.15, 0.2) is 24.5 Å². The fourth-order valence-corrected chi connectivity index (χ4v) is 2.27. The van der Waals surface area contributed by atoms with Crippen LogP contribution < -0.4 is 4.74 Å². The van der Waals surface area contributed by atoms with Crippen LogP contribution in [0.4, 0.5) is 0 Å². The van der Waals surface area contributed by atoms with Crippen molar-refractivity contribution in [2.75, 3.05) is 0 Å². The van der Waals surface area contributed by atoms with Gasteiger partial charge in [0, 0.05) is 6.04 Å². The predicted octanol–water partition coefficient (Wildman–Crippen LogP) is 3.97. The van der Waals surface area contributed by atoms with E-state index < -0.39 is 0 Å². The van der Waals surface area contributed by atoms with Crippen LogP contribution in [0.3, 0.4) is 0 Å². The van der Waals surface area contributed by atoms with E-state index in [4.69, 9.17) is 4.74 Å². The lowest BCUT2D eigenvalue weighted by Crippen LogP contribution is -2.02. The van der Waals surface area contributed by atoms with Gasteiger partial charge in [-0.25, -0.2) is 0 Å². The molecule has 0 spiro atoms. The first kappa shape index (κ1) is 13.7. The molecule has 0 aliphatic rings. The molecule has 0 atom stereocenters. The first-order chi connectivity index (χ1) is 8.97. The number of rotatable bonds is 4. The number of hydrogen-bond donors (Lipinski definition) is 0. The fourth-order valence-electron chi connectivity index (χ4n) is 2.27. The highest BCUT2D eigenvalue weighted by Crippen LogP contribution is 2.19. The van der Waals surface area contributed by atoms with Crippen LogP contribution >= 0.6 is 0 Å². The Kier molecular flexibility index (Phi) is 3.93. The highest BCUT2D eigenvalue weighted by molar-refractivity contribution is 5.37. The van der Waals surface area contributed by atoms with E-state index in [9.17, 15) is 0 Å². The van der Waals surface area contributed by atoms with Crippen molar-refractivity contribution in [3.8, 4) is 5.75 Å². The Bertz CT molecular complexity index is 547. The van der Waals surface area contributed by atoms with E-state index in [2.05, 4.69) is 51.9 Å². The van der Waals surface area contributed by atoms with Crippen molar-refractivity contribution in [1.82, 2.24) is 9.78 Å². The molecule has 2 rings (SSSR count). The third-order valence-electron chi connectivity index (χ3n) is 3.33. The summed E-state index contributed by atoms with van der Waals surface area (Å²) in [6.07, 6.45) is 3.72. The molecule has 0 saturated carbocycles. The van der Waals surface area contributed by atoms with Crippen LogP contribution in [-0.2, 0) is 6.61 Å². The molecular formula is C16H22N2O. The van der Waals surface area contributed by atoms with Crippen LogP contribution in [0.2, 0.25) is 0 Å². The van der Waals surface area contributed by atoms with Crippen molar-refractivity contribution in [2.45, 2.75) is 47.3 Å². The van der Waals surface area contributed by atoms with Crippen LogP contribution in [0, 0.1) is 20.8 Å². The minimum Gasteiger partial charge on any atom is -0.486 e. The summed E-state index contributed by atoms with van der Waals surface area (Å²) < 4.78 is 7.75. The van der Waals surface area contributed by atoms with Gasteiger partial charge in [-0.3, -0.25) is 4.68 Å². The van der Waals surface area contributed by atoms with Gasteiger partial charge in [-0.2, -0.15) is 5.10 Å². The van der Waals surface area contributed by atoms with Gasteiger partial charge in [-0.1, -0.05) is 17.7 Å². The Balaban J connectivity index is 2.10. The Morgan fingerprint density at radius 1 is 1.16 bits per heavy atom. The Hall–Kier alpha value is -1.77. The molecule has 0 N–H and O–H groups in total. The van der Waals surface area contributed by atoms with Gasteiger partial charge in [-0.05, 0) is 51.3 Å². The Labute approximate surface area is 115 Å². The van der Waals surface area contributed by atoms with Crippen LogP contribution in [0.5, 0.6) is 5.75 Å². The molecule has 0 bridgehead atoms. The summed E-state index contributed by atoms with van der Waals surface area (Å²) in [5.41, 5.74) is 5.14. The van der Waals surface area contributed by atoms with E-state index >= 15 is 0 Å². The minimum absolute atomic E-state index is 0.361. The fraction of sp³-hybridized carbons (Fsp3) is 0.438. The molecule has 0 aliphatic carbocycles. The van der Waals surface area contributed by atoms with Crippen LogP contribution in [0.1, 0.15) is 42.1 Å². The molecule has 0 aliphatic heterocycles. The Morgan fingerprint density at radius 3 is 2.32 bits per heavy atom. The van der Waals surface area contributed by atoms with Crippen molar-refractivity contribution in [1.29, 1.82) is 0 Å². The number of aromatic nitrogens is 2. The zero-order chi connectivity index (χ0) is 14.0. The molecule has 3 nitrogen and oxygen atoms in total. The van der Waals surface area contributed by atoms with Gasteiger partial charge < -0.3 is 4.74 Å². The quantitative estimate of drug-likeness (QED) is 0.829. The molecule has 0 radical (unpaired) electrons. The van der Waals surface area contributed by atoms with E-state index in [1.165, 1.54) is 22.3 Å². The van der Waals surface area contributed by atoms with Gasteiger partial charge in [-0.15, -0.1) is 0 Å². The lowest BCUT2D eigenvalue weighted by molar-refractivity contribution is 0.304. The van der Waals surface area contributed by atoms with E-state index in [0.29, 0.717) is 12.6 Å². The van der Waals surface area contributed by atoms with Gasteiger partial charge in [0.05, 0.1) is 12.4 Å². The zero-order valence-corrected chi connectivity index (χ0v) is 12.4. The number of ether oxygens (including phenoxy) is 1. The Morgan fingerprint density at radius 2 is 1.79 bits per heavy atom. The number of benzene rings is 1. The summed E-state index contributed by atoms with van der Waals surface area (Å²) in [5.74, 6) is 0.827. The highest BCUT2D eigenvalue weighted by Gasteiger charge is 2.07. The molecule has 19 heavy (non-hydrogen) atoms. The van der Waals surface area contributed by atoms with E-state index in [1.54, 1.807) is 6.20 Å². The first-order valence-corrected chi connectivity index (χ1v) is 6.71. The summed E-state index contributed by atoms with van der Waals surface area (Å²) in [7, 11) is 0. The highest BCUT2D eigenvalue weighted by atomic mass is 16.5. The maximum Gasteiger partial charge on any atom is 0.157 e. The zero-order valence-electron chi connectivity index (χ0n) is 12.4. The van der Waals surface area contributed by atoms with Crippen molar-refractivity contribution < 1.29 is 4.74 Å². The maximum atomic E-state index is 5.84. The predicted molar refractivity (Wildman–Crippen MR) is 77.6 cm³/mol.